The normalized spacial score (nSPS) is 38.4. The zero-order valence-corrected chi connectivity index (χ0v) is 11.8. The highest BCUT2D eigenvalue weighted by Gasteiger charge is 2.42. The van der Waals surface area contributed by atoms with Gasteiger partial charge in [-0.3, -0.25) is 0 Å². The summed E-state index contributed by atoms with van der Waals surface area (Å²) in [6, 6.07) is 9.19. The molecule has 18 heavy (non-hydrogen) atoms. The lowest BCUT2D eigenvalue weighted by atomic mass is 9.60. The number of thioether (sulfide) groups is 1. The van der Waals surface area contributed by atoms with E-state index >= 15 is 0 Å². The van der Waals surface area contributed by atoms with Crippen molar-refractivity contribution >= 4 is 11.8 Å². The molecule has 0 spiro atoms. The first-order valence-corrected chi connectivity index (χ1v) is 8.64. The van der Waals surface area contributed by atoms with Gasteiger partial charge in [-0.25, -0.2) is 0 Å². The fourth-order valence-corrected chi connectivity index (χ4v) is 6.21. The standard InChI is InChI=1S/C17H22S/c1-2-6-13-12(5-1)9-10-14-15-7-3-4-8-17(15)18-11-16(13)14/h3-4,7-8,12-14,16H,1-2,5-6,9-11H2. The summed E-state index contributed by atoms with van der Waals surface area (Å²) < 4.78 is 0. The molecular formula is C17H22S. The second kappa shape index (κ2) is 4.59. The van der Waals surface area contributed by atoms with Crippen LogP contribution in [-0.4, -0.2) is 5.75 Å². The Labute approximate surface area is 115 Å². The van der Waals surface area contributed by atoms with Gasteiger partial charge < -0.3 is 0 Å². The molecule has 1 aromatic rings. The van der Waals surface area contributed by atoms with Crippen LogP contribution < -0.4 is 0 Å². The minimum absolute atomic E-state index is 0.891. The molecule has 2 saturated carbocycles. The summed E-state index contributed by atoms with van der Waals surface area (Å²) in [5, 5.41) is 0. The van der Waals surface area contributed by atoms with E-state index < -0.39 is 0 Å². The van der Waals surface area contributed by atoms with E-state index in [1.54, 1.807) is 10.5 Å². The molecule has 0 amide bonds. The fraction of sp³-hybridized carbons (Fsp3) is 0.647. The Morgan fingerprint density at radius 2 is 1.78 bits per heavy atom. The van der Waals surface area contributed by atoms with Gasteiger partial charge in [0.05, 0.1) is 0 Å². The Hall–Kier alpha value is -0.430. The predicted molar refractivity (Wildman–Crippen MR) is 78.1 cm³/mol. The van der Waals surface area contributed by atoms with Crippen LogP contribution in [0.15, 0.2) is 29.2 Å². The molecule has 1 heterocycles. The van der Waals surface area contributed by atoms with Gasteiger partial charge >= 0.3 is 0 Å². The summed E-state index contributed by atoms with van der Waals surface area (Å²) in [5.74, 6) is 5.40. The Kier molecular flexibility index (Phi) is 2.91. The van der Waals surface area contributed by atoms with Gasteiger partial charge in [0.2, 0.25) is 0 Å². The minimum Gasteiger partial charge on any atom is -0.126 e. The molecule has 96 valence electrons. The molecule has 0 aromatic heterocycles. The third-order valence-corrected chi connectivity index (χ3v) is 6.87. The molecule has 1 aliphatic heterocycles. The van der Waals surface area contributed by atoms with E-state index in [4.69, 9.17) is 0 Å². The van der Waals surface area contributed by atoms with Crippen molar-refractivity contribution in [3.05, 3.63) is 29.8 Å². The van der Waals surface area contributed by atoms with Gasteiger partial charge in [0.15, 0.2) is 0 Å². The largest absolute Gasteiger partial charge is 0.126 e. The molecule has 4 atom stereocenters. The van der Waals surface area contributed by atoms with E-state index in [9.17, 15) is 0 Å². The van der Waals surface area contributed by atoms with Crippen LogP contribution in [0, 0.1) is 17.8 Å². The Morgan fingerprint density at radius 3 is 2.78 bits per heavy atom. The second-order valence-corrected chi connectivity index (χ2v) is 7.47. The smallest absolute Gasteiger partial charge is 0.0107 e. The lowest BCUT2D eigenvalue weighted by molar-refractivity contribution is 0.0959. The average Bonchev–Trinajstić information content (AvgIpc) is 2.46. The van der Waals surface area contributed by atoms with Crippen LogP contribution in [-0.2, 0) is 0 Å². The molecule has 0 nitrogen and oxygen atoms in total. The van der Waals surface area contributed by atoms with Crippen LogP contribution in [0.5, 0.6) is 0 Å². The van der Waals surface area contributed by atoms with Crippen molar-refractivity contribution in [1.29, 1.82) is 0 Å². The first kappa shape index (κ1) is 11.4. The van der Waals surface area contributed by atoms with Crippen molar-refractivity contribution in [2.24, 2.45) is 17.8 Å². The molecule has 1 heteroatoms. The number of hydrogen-bond donors (Lipinski definition) is 0. The zero-order valence-electron chi connectivity index (χ0n) is 11.0. The molecule has 0 bridgehead atoms. The number of fused-ring (bicyclic) bond motifs is 5. The highest BCUT2D eigenvalue weighted by molar-refractivity contribution is 7.99. The summed E-state index contributed by atoms with van der Waals surface area (Å²) in [7, 11) is 0. The second-order valence-electron chi connectivity index (χ2n) is 6.40. The van der Waals surface area contributed by atoms with E-state index in [0.717, 1.165) is 23.7 Å². The van der Waals surface area contributed by atoms with Gasteiger partial charge in [0, 0.05) is 10.6 Å². The predicted octanol–water partition coefficient (Wildman–Crippen LogP) is 5.09. The van der Waals surface area contributed by atoms with Crippen LogP contribution in [0.25, 0.3) is 0 Å². The molecule has 4 rings (SSSR count). The molecule has 0 radical (unpaired) electrons. The van der Waals surface area contributed by atoms with Crippen molar-refractivity contribution < 1.29 is 0 Å². The molecule has 2 fully saturated rings. The number of benzene rings is 1. The van der Waals surface area contributed by atoms with Crippen molar-refractivity contribution in [2.75, 3.05) is 5.75 Å². The quantitative estimate of drug-likeness (QED) is 0.624. The highest BCUT2D eigenvalue weighted by atomic mass is 32.2. The highest BCUT2D eigenvalue weighted by Crippen LogP contribution is 2.54. The van der Waals surface area contributed by atoms with E-state index in [0.29, 0.717) is 0 Å². The summed E-state index contributed by atoms with van der Waals surface area (Å²) >= 11 is 2.13. The number of hydrogen-bond acceptors (Lipinski definition) is 1. The van der Waals surface area contributed by atoms with E-state index in [1.807, 2.05) is 0 Å². The van der Waals surface area contributed by atoms with E-state index in [-0.39, 0.29) is 0 Å². The first-order chi connectivity index (χ1) is 8.93. The summed E-state index contributed by atoms with van der Waals surface area (Å²) in [6.45, 7) is 0. The van der Waals surface area contributed by atoms with Crippen LogP contribution in [0.1, 0.15) is 50.0 Å². The van der Waals surface area contributed by atoms with Crippen molar-refractivity contribution in [2.45, 2.75) is 49.3 Å². The SMILES string of the molecule is c1ccc2c(c1)SCC1C2CCC2CCCCC21. The summed E-state index contributed by atoms with van der Waals surface area (Å²) in [4.78, 5) is 1.58. The summed E-state index contributed by atoms with van der Waals surface area (Å²) in [6.07, 6.45) is 9.02. The Balaban J connectivity index is 1.67. The fourth-order valence-electron chi connectivity index (χ4n) is 4.79. The zero-order chi connectivity index (χ0) is 11.9. The van der Waals surface area contributed by atoms with Gasteiger partial charge in [-0.1, -0.05) is 37.5 Å². The molecular weight excluding hydrogens is 236 g/mol. The van der Waals surface area contributed by atoms with Crippen LogP contribution in [0.2, 0.25) is 0 Å². The maximum Gasteiger partial charge on any atom is 0.0107 e. The third-order valence-electron chi connectivity index (χ3n) is 5.63. The molecule has 4 unspecified atom stereocenters. The first-order valence-electron chi connectivity index (χ1n) is 7.65. The van der Waals surface area contributed by atoms with Gasteiger partial charge in [0.1, 0.15) is 0 Å². The van der Waals surface area contributed by atoms with Gasteiger partial charge in [0.25, 0.3) is 0 Å². The van der Waals surface area contributed by atoms with Crippen molar-refractivity contribution in [3.63, 3.8) is 0 Å². The third kappa shape index (κ3) is 1.74. The van der Waals surface area contributed by atoms with Crippen LogP contribution in [0.4, 0.5) is 0 Å². The van der Waals surface area contributed by atoms with E-state index in [2.05, 4.69) is 36.0 Å². The summed E-state index contributed by atoms with van der Waals surface area (Å²) in [5.41, 5.74) is 1.68. The van der Waals surface area contributed by atoms with Gasteiger partial charge in [-0.15, -0.1) is 11.8 Å². The monoisotopic (exact) mass is 258 g/mol. The van der Waals surface area contributed by atoms with Crippen LogP contribution >= 0.6 is 11.8 Å². The van der Waals surface area contributed by atoms with E-state index in [1.165, 1.54) is 44.3 Å². The molecule has 0 saturated heterocycles. The lowest BCUT2D eigenvalue weighted by Crippen LogP contribution is -2.38. The minimum atomic E-state index is 0.891. The Bertz CT molecular complexity index is 439. The maximum atomic E-state index is 2.41. The topological polar surface area (TPSA) is 0 Å². The van der Waals surface area contributed by atoms with Gasteiger partial charge in [-0.05, 0) is 54.6 Å². The number of rotatable bonds is 0. The van der Waals surface area contributed by atoms with Crippen molar-refractivity contribution in [1.82, 2.24) is 0 Å². The maximum absolute atomic E-state index is 2.41. The molecule has 3 aliphatic rings. The molecule has 0 N–H and O–H groups in total. The average molecular weight is 258 g/mol. The van der Waals surface area contributed by atoms with Crippen molar-refractivity contribution in [3.8, 4) is 0 Å². The molecule has 2 aliphatic carbocycles. The molecule has 1 aromatic carbocycles. The Morgan fingerprint density at radius 1 is 0.889 bits per heavy atom. The van der Waals surface area contributed by atoms with Crippen LogP contribution in [0.3, 0.4) is 0 Å². The van der Waals surface area contributed by atoms with Gasteiger partial charge in [-0.2, -0.15) is 0 Å². The lowest BCUT2D eigenvalue weighted by Gasteiger charge is -2.48.